The lowest BCUT2D eigenvalue weighted by Gasteiger charge is -2.22. The Hall–Kier alpha value is -2.28. The zero-order chi connectivity index (χ0) is 19.0. The molecule has 0 aromatic heterocycles. The Morgan fingerprint density at radius 3 is 2.32 bits per heavy atom. The fourth-order valence-corrected chi connectivity index (χ4v) is 2.28. The molecule has 0 spiro atoms. The summed E-state index contributed by atoms with van der Waals surface area (Å²) >= 11 is 0. The number of carbonyl (C=O) groups excluding carboxylic acids is 2. The Morgan fingerprint density at radius 1 is 1.08 bits per heavy atom. The Kier molecular flexibility index (Phi) is 8.21. The zero-order valence-electron chi connectivity index (χ0n) is 15.8. The summed E-state index contributed by atoms with van der Waals surface area (Å²) in [4.78, 5) is 23.8. The second-order valence-corrected chi connectivity index (χ2v) is 6.31. The minimum absolute atomic E-state index is 0.176. The largest absolute Gasteiger partial charge is 0.497 e. The van der Waals surface area contributed by atoms with Crippen molar-refractivity contribution in [3.8, 4) is 11.5 Å². The number of imide groups is 1. The summed E-state index contributed by atoms with van der Waals surface area (Å²) in [7, 11) is 3.18. The van der Waals surface area contributed by atoms with Crippen LogP contribution in [0.2, 0.25) is 0 Å². The summed E-state index contributed by atoms with van der Waals surface area (Å²) in [6.45, 7) is 8.09. The molecule has 0 saturated carbocycles. The molecular formula is C18H29N3O4. The molecule has 0 heterocycles. The Morgan fingerprint density at radius 2 is 1.76 bits per heavy atom. The molecule has 25 heavy (non-hydrogen) atoms. The molecular weight excluding hydrogens is 322 g/mol. The maximum atomic E-state index is 12.2. The van der Waals surface area contributed by atoms with Crippen LogP contribution in [-0.4, -0.2) is 38.7 Å². The van der Waals surface area contributed by atoms with Gasteiger partial charge in [0.05, 0.1) is 20.3 Å². The third-order valence-electron chi connectivity index (χ3n) is 3.70. The molecule has 0 aliphatic carbocycles. The minimum Gasteiger partial charge on any atom is -0.497 e. The first kappa shape index (κ1) is 20.8. The molecule has 7 nitrogen and oxygen atoms in total. The van der Waals surface area contributed by atoms with Crippen LogP contribution in [0, 0.1) is 5.92 Å². The molecule has 0 fully saturated rings. The second-order valence-electron chi connectivity index (χ2n) is 6.31. The Balaban J connectivity index is 2.68. The number of rotatable bonds is 8. The summed E-state index contributed by atoms with van der Waals surface area (Å²) in [5.41, 5.74) is 0.866. The highest BCUT2D eigenvalue weighted by atomic mass is 16.5. The summed E-state index contributed by atoms with van der Waals surface area (Å²) in [5.74, 6) is 1.32. The normalized spacial score (nSPS) is 13.1. The van der Waals surface area contributed by atoms with Gasteiger partial charge in [0, 0.05) is 18.2 Å². The molecule has 3 N–H and O–H groups in total. The third-order valence-corrected chi connectivity index (χ3v) is 3.70. The van der Waals surface area contributed by atoms with E-state index in [9.17, 15) is 9.59 Å². The van der Waals surface area contributed by atoms with Crippen molar-refractivity contribution in [2.45, 2.75) is 39.8 Å². The van der Waals surface area contributed by atoms with E-state index in [-0.39, 0.29) is 6.04 Å². The van der Waals surface area contributed by atoms with Crippen molar-refractivity contribution in [3.05, 3.63) is 23.8 Å². The Bertz CT molecular complexity index is 590. The van der Waals surface area contributed by atoms with Crippen molar-refractivity contribution in [1.82, 2.24) is 16.0 Å². The van der Waals surface area contributed by atoms with Gasteiger partial charge in [-0.15, -0.1) is 0 Å². The highest BCUT2D eigenvalue weighted by molar-refractivity contribution is 5.96. The fraction of sp³-hybridized carbons (Fsp3) is 0.556. The van der Waals surface area contributed by atoms with Crippen LogP contribution in [0.3, 0.4) is 0 Å². The summed E-state index contributed by atoms with van der Waals surface area (Å²) in [6, 6.07) is 4.26. The lowest BCUT2D eigenvalue weighted by molar-refractivity contribution is -0.121. The molecule has 0 aliphatic rings. The van der Waals surface area contributed by atoms with Gasteiger partial charge in [-0.25, -0.2) is 4.79 Å². The van der Waals surface area contributed by atoms with Gasteiger partial charge in [-0.3, -0.25) is 15.4 Å². The summed E-state index contributed by atoms with van der Waals surface area (Å²) in [6.07, 6.45) is 0. The molecule has 3 amide bonds. The van der Waals surface area contributed by atoms with Gasteiger partial charge in [0.1, 0.15) is 11.5 Å². The lowest BCUT2D eigenvalue weighted by Crippen LogP contribution is -2.49. The average Bonchev–Trinajstić information content (AvgIpc) is 2.58. The topological polar surface area (TPSA) is 88.7 Å². The van der Waals surface area contributed by atoms with E-state index in [4.69, 9.17) is 9.47 Å². The molecule has 0 unspecified atom stereocenters. The second kappa shape index (κ2) is 9.88. The van der Waals surface area contributed by atoms with Crippen LogP contribution in [-0.2, 0) is 4.79 Å². The van der Waals surface area contributed by atoms with Crippen molar-refractivity contribution in [2.75, 3.05) is 20.8 Å². The van der Waals surface area contributed by atoms with E-state index in [1.165, 1.54) is 0 Å². The SMILES string of the molecule is COc1ccc(OC)c([C@@H](C)N[C@H](C)C(=O)NC(=O)NCC(C)C)c1. The number of ether oxygens (including phenoxy) is 2. The number of hydrogen-bond donors (Lipinski definition) is 3. The summed E-state index contributed by atoms with van der Waals surface area (Å²) < 4.78 is 10.6. The zero-order valence-corrected chi connectivity index (χ0v) is 15.8. The maximum absolute atomic E-state index is 12.2. The van der Waals surface area contributed by atoms with Crippen molar-refractivity contribution < 1.29 is 19.1 Å². The predicted octanol–water partition coefficient (Wildman–Crippen LogP) is 2.22. The number of urea groups is 1. The first-order valence-corrected chi connectivity index (χ1v) is 8.35. The monoisotopic (exact) mass is 351 g/mol. The number of hydrogen-bond acceptors (Lipinski definition) is 5. The van der Waals surface area contributed by atoms with E-state index in [1.807, 2.05) is 39.0 Å². The quantitative estimate of drug-likeness (QED) is 0.668. The van der Waals surface area contributed by atoms with E-state index in [0.29, 0.717) is 24.0 Å². The van der Waals surface area contributed by atoms with Crippen LogP contribution < -0.4 is 25.4 Å². The number of methoxy groups -OCH3 is 2. The first-order valence-electron chi connectivity index (χ1n) is 8.35. The lowest BCUT2D eigenvalue weighted by atomic mass is 10.1. The van der Waals surface area contributed by atoms with Gasteiger partial charge >= 0.3 is 6.03 Å². The molecule has 7 heteroatoms. The molecule has 0 aliphatic heterocycles. The van der Waals surface area contributed by atoms with Gasteiger partial charge in [-0.05, 0) is 38.0 Å². The first-order chi connectivity index (χ1) is 11.8. The van der Waals surface area contributed by atoms with Gasteiger partial charge < -0.3 is 14.8 Å². The molecule has 140 valence electrons. The van der Waals surface area contributed by atoms with E-state index < -0.39 is 18.0 Å². The summed E-state index contributed by atoms with van der Waals surface area (Å²) in [5, 5.41) is 8.15. The molecule has 1 rings (SSSR count). The minimum atomic E-state index is -0.560. The van der Waals surface area contributed by atoms with E-state index in [0.717, 1.165) is 5.56 Å². The van der Waals surface area contributed by atoms with E-state index >= 15 is 0 Å². The number of benzene rings is 1. The molecule has 0 saturated heterocycles. The van der Waals surface area contributed by atoms with Gasteiger partial charge in [-0.2, -0.15) is 0 Å². The molecule has 1 aromatic carbocycles. The predicted molar refractivity (Wildman–Crippen MR) is 96.9 cm³/mol. The van der Waals surface area contributed by atoms with E-state index in [1.54, 1.807) is 21.1 Å². The van der Waals surface area contributed by atoms with Crippen LogP contribution in [0.25, 0.3) is 0 Å². The highest BCUT2D eigenvalue weighted by Gasteiger charge is 2.20. The van der Waals surface area contributed by atoms with Crippen LogP contribution in [0.5, 0.6) is 11.5 Å². The standard InChI is InChI=1S/C18H29N3O4/c1-11(2)10-19-18(23)21-17(22)13(4)20-12(3)15-9-14(24-5)7-8-16(15)25-6/h7-9,11-13,20H,10H2,1-6H3,(H2,19,21,22,23)/t12-,13-/m1/s1. The van der Waals surface area contributed by atoms with Crippen molar-refractivity contribution >= 4 is 11.9 Å². The van der Waals surface area contributed by atoms with Gasteiger partial charge in [0.25, 0.3) is 0 Å². The molecule has 2 atom stereocenters. The van der Waals surface area contributed by atoms with Gasteiger partial charge in [-0.1, -0.05) is 13.8 Å². The number of carbonyl (C=O) groups is 2. The number of nitrogens with one attached hydrogen (secondary N) is 3. The maximum Gasteiger partial charge on any atom is 0.321 e. The molecule has 0 bridgehead atoms. The van der Waals surface area contributed by atoms with Crippen LogP contribution in [0.15, 0.2) is 18.2 Å². The van der Waals surface area contributed by atoms with Crippen molar-refractivity contribution in [3.63, 3.8) is 0 Å². The third kappa shape index (κ3) is 6.62. The van der Waals surface area contributed by atoms with Gasteiger partial charge in [0.2, 0.25) is 5.91 Å². The molecule has 1 aromatic rings. The van der Waals surface area contributed by atoms with E-state index in [2.05, 4.69) is 16.0 Å². The van der Waals surface area contributed by atoms with Gasteiger partial charge in [0.15, 0.2) is 0 Å². The average molecular weight is 351 g/mol. The smallest absolute Gasteiger partial charge is 0.321 e. The van der Waals surface area contributed by atoms with Crippen LogP contribution >= 0.6 is 0 Å². The van der Waals surface area contributed by atoms with Crippen LogP contribution in [0.1, 0.15) is 39.3 Å². The van der Waals surface area contributed by atoms with Crippen molar-refractivity contribution in [2.24, 2.45) is 5.92 Å². The number of amides is 3. The highest BCUT2D eigenvalue weighted by Crippen LogP contribution is 2.29. The molecule has 0 radical (unpaired) electrons. The Labute approximate surface area is 149 Å². The fourth-order valence-electron chi connectivity index (χ4n) is 2.28. The van der Waals surface area contributed by atoms with Crippen molar-refractivity contribution in [1.29, 1.82) is 0 Å². The van der Waals surface area contributed by atoms with Crippen LogP contribution in [0.4, 0.5) is 4.79 Å².